The van der Waals surface area contributed by atoms with E-state index in [9.17, 15) is 14.4 Å². The van der Waals surface area contributed by atoms with Crippen LogP contribution in [0.3, 0.4) is 0 Å². The lowest BCUT2D eigenvalue weighted by Crippen LogP contribution is -2.54. The molecule has 0 spiro atoms. The highest BCUT2D eigenvalue weighted by atomic mass is 35.5. The van der Waals surface area contributed by atoms with E-state index < -0.39 is 35.6 Å². The fourth-order valence-electron chi connectivity index (χ4n) is 4.13. The number of nitrogens with one attached hydrogen (secondary N) is 3. The zero-order valence-electron chi connectivity index (χ0n) is 24.8. The lowest BCUT2D eigenvalue weighted by Gasteiger charge is -2.27. The summed E-state index contributed by atoms with van der Waals surface area (Å²) in [5, 5.41) is 8.73. The highest BCUT2D eigenvalue weighted by Gasteiger charge is 2.30. The molecule has 0 unspecified atom stereocenters. The summed E-state index contributed by atoms with van der Waals surface area (Å²) in [5.74, 6) is -0.265. The Kier molecular flexibility index (Phi) is 11.8. The number of anilines is 1. The van der Waals surface area contributed by atoms with Crippen LogP contribution in [0.4, 0.5) is 10.5 Å². The molecule has 0 saturated heterocycles. The van der Waals surface area contributed by atoms with Crippen molar-refractivity contribution in [2.24, 2.45) is 5.92 Å². The summed E-state index contributed by atoms with van der Waals surface area (Å²) in [7, 11) is 0. The average Bonchev–Trinajstić information content (AvgIpc) is 2.91. The highest BCUT2D eigenvalue weighted by Crippen LogP contribution is 2.18. The zero-order chi connectivity index (χ0) is 30.7. The Morgan fingerprint density at radius 2 is 1.52 bits per heavy atom. The first kappa shape index (κ1) is 32.5. The molecule has 3 N–H and O–H groups in total. The first-order chi connectivity index (χ1) is 19.9. The van der Waals surface area contributed by atoms with Crippen molar-refractivity contribution >= 4 is 35.2 Å². The first-order valence-corrected chi connectivity index (χ1v) is 14.4. The molecule has 0 radical (unpaired) electrons. The van der Waals surface area contributed by atoms with Crippen molar-refractivity contribution in [3.05, 3.63) is 95.0 Å². The molecular formula is C33H40ClN3O5. The summed E-state index contributed by atoms with van der Waals surface area (Å²) in [4.78, 5) is 39.4. The molecule has 0 aromatic heterocycles. The summed E-state index contributed by atoms with van der Waals surface area (Å²) in [5.41, 5.74) is 1.61. The van der Waals surface area contributed by atoms with Gasteiger partial charge in [0.1, 0.15) is 30.0 Å². The number of carbonyl (C=O) groups excluding carboxylic acids is 3. The molecule has 8 nitrogen and oxygen atoms in total. The third-order valence-electron chi connectivity index (χ3n) is 6.03. The number of esters is 1. The quantitative estimate of drug-likeness (QED) is 0.207. The van der Waals surface area contributed by atoms with Crippen LogP contribution in [-0.2, 0) is 27.4 Å². The Morgan fingerprint density at radius 1 is 0.833 bits per heavy atom. The molecule has 3 aromatic rings. The molecule has 0 heterocycles. The SMILES string of the molecule is CC(C)C[C@H](NC(=O)Nc1cccc(Cl)c1)C(=O)N[C@@H](Cc1ccc(OCc2ccccc2)cc1)C(=O)OC(C)(C)C. The Balaban J connectivity index is 1.70. The normalized spacial score (nSPS) is 12.6. The fraction of sp³-hybridized carbons (Fsp3) is 0.364. The van der Waals surface area contributed by atoms with Gasteiger partial charge in [-0.15, -0.1) is 0 Å². The Morgan fingerprint density at radius 3 is 2.14 bits per heavy atom. The van der Waals surface area contributed by atoms with E-state index in [2.05, 4.69) is 16.0 Å². The summed E-state index contributed by atoms with van der Waals surface area (Å²) in [6.45, 7) is 9.64. The van der Waals surface area contributed by atoms with Crippen molar-refractivity contribution in [1.82, 2.24) is 10.6 Å². The molecular weight excluding hydrogens is 554 g/mol. The van der Waals surface area contributed by atoms with Crippen LogP contribution in [0.2, 0.25) is 5.02 Å². The van der Waals surface area contributed by atoms with Gasteiger partial charge in [0.05, 0.1) is 0 Å². The monoisotopic (exact) mass is 593 g/mol. The second kappa shape index (κ2) is 15.3. The predicted molar refractivity (Wildman–Crippen MR) is 166 cm³/mol. The Bertz CT molecular complexity index is 1320. The van der Waals surface area contributed by atoms with Gasteiger partial charge in [-0.3, -0.25) is 4.79 Å². The molecule has 2 atom stereocenters. The highest BCUT2D eigenvalue weighted by molar-refractivity contribution is 6.30. The lowest BCUT2D eigenvalue weighted by atomic mass is 10.0. The number of urea groups is 1. The van der Waals surface area contributed by atoms with Crippen molar-refractivity contribution in [3.8, 4) is 5.75 Å². The minimum atomic E-state index is -0.972. The van der Waals surface area contributed by atoms with Gasteiger partial charge in [-0.25, -0.2) is 9.59 Å². The van der Waals surface area contributed by atoms with E-state index in [1.807, 2.05) is 68.4 Å². The molecule has 3 aromatic carbocycles. The van der Waals surface area contributed by atoms with Gasteiger partial charge >= 0.3 is 12.0 Å². The Hall–Kier alpha value is -4.04. The first-order valence-electron chi connectivity index (χ1n) is 14.0. The summed E-state index contributed by atoms with van der Waals surface area (Å²) in [6.07, 6.45) is 0.562. The number of hydrogen-bond donors (Lipinski definition) is 3. The van der Waals surface area contributed by atoms with Crippen molar-refractivity contribution in [2.45, 2.75) is 71.8 Å². The molecule has 9 heteroatoms. The van der Waals surface area contributed by atoms with Gasteiger partial charge in [0.15, 0.2) is 0 Å². The molecule has 224 valence electrons. The summed E-state index contributed by atoms with van der Waals surface area (Å²) in [6, 6.07) is 21.5. The minimum Gasteiger partial charge on any atom is -0.489 e. The maximum absolute atomic E-state index is 13.5. The van der Waals surface area contributed by atoms with E-state index >= 15 is 0 Å². The van der Waals surface area contributed by atoms with Crippen LogP contribution in [0.15, 0.2) is 78.9 Å². The van der Waals surface area contributed by atoms with E-state index in [0.717, 1.165) is 11.1 Å². The van der Waals surface area contributed by atoms with E-state index in [0.29, 0.717) is 29.5 Å². The van der Waals surface area contributed by atoms with Crippen LogP contribution < -0.4 is 20.7 Å². The average molecular weight is 594 g/mol. The molecule has 0 saturated carbocycles. The third-order valence-corrected chi connectivity index (χ3v) is 6.27. The number of amides is 3. The van der Waals surface area contributed by atoms with Gasteiger partial charge in [-0.1, -0.05) is 74.0 Å². The van der Waals surface area contributed by atoms with E-state index in [1.54, 1.807) is 45.0 Å². The van der Waals surface area contributed by atoms with Crippen molar-refractivity contribution in [3.63, 3.8) is 0 Å². The summed E-state index contributed by atoms with van der Waals surface area (Å²) < 4.78 is 11.5. The maximum atomic E-state index is 13.5. The molecule has 0 fully saturated rings. The standard InChI is InChI=1S/C33H40ClN3O5/c1-22(2)18-28(37-32(40)35-26-13-9-12-25(34)20-26)30(38)36-29(31(39)42-33(3,4)5)19-23-14-16-27(17-15-23)41-21-24-10-7-6-8-11-24/h6-17,20,22,28-29H,18-19,21H2,1-5H3,(H,36,38)(H2,35,37,40)/t28-,29-/m0/s1. The zero-order valence-corrected chi connectivity index (χ0v) is 25.5. The molecule has 0 aliphatic rings. The van der Waals surface area contributed by atoms with Gasteiger partial charge < -0.3 is 25.4 Å². The predicted octanol–water partition coefficient (Wildman–Crippen LogP) is 6.52. The number of rotatable bonds is 12. The molecule has 0 bridgehead atoms. The van der Waals surface area contributed by atoms with Gasteiger partial charge in [0, 0.05) is 17.1 Å². The van der Waals surface area contributed by atoms with Crippen LogP contribution in [0.5, 0.6) is 5.75 Å². The van der Waals surface area contributed by atoms with Gasteiger partial charge in [0.2, 0.25) is 5.91 Å². The van der Waals surface area contributed by atoms with Gasteiger partial charge in [0.25, 0.3) is 0 Å². The van der Waals surface area contributed by atoms with E-state index in [4.69, 9.17) is 21.1 Å². The number of hydrogen-bond acceptors (Lipinski definition) is 5. The third kappa shape index (κ3) is 11.4. The lowest BCUT2D eigenvalue weighted by molar-refractivity contribution is -0.158. The van der Waals surface area contributed by atoms with Crippen LogP contribution in [0, 0.1) is 5.92 Å². The van der Waals surface area contributed by atoms with E-state index in [-0.39, 0.29) is 12.3 Å². The molecule has 3 amide bonds. The minimum absolute atomic E-state index is 0.0932. The van der Waals surface area contributed by atoms with Crippen LogP contribution in [0.1, 0.15) is 52.2 Å². The number of halogens is 1. The van der Waals surface area contributed by atoms with Crippen molar-refractivity contribution < 1.29 is 23.9 Å². The van der Waals surface area contributed by atoms with Crippen LogP contribution in [0.25, 0.3) is 0 Å². The molecule has 3 rings (SSSR count). The van der Waals surface area contributed by atoms with Crippen molar-refractivity contribution in [2.75, 3.05) is 5.32 Å². The van der Waals surface area contributed by atoms with Crippen molar-refractivity contribution in [1.29, 1.82) is 0 Å². The number of carbonyl (C=O) groups is 3. The van der Waals surface area contributed by atoms with Crippen LogP contribution in [-0.4, -0.2) is 35.6 Å². The topological polar surface area (TPSA) is 106 Å². The molecule has 42 heavy (non-hydrogen) atoms. The van der Waals surface area contributed by atoms with Gasteiger partial charge in [-0.2, -0.15) is 0 Å². The second-order valence-electron chi connectivity index (χ2n) is 11.5. The van der Waals surface area contributed by atoms with Crippen LogP contribution >= 0.6 is 11.6 Å². The molecule has 0 aliphatic heterocycles. The van der Waals surface area contributed by atoms with Gasteiger partial charge in [-0.05, 0) is 74.6 Å². The number of ether oxygens (including phenoxy) is 2. The molecule has 0 aliphatic carbocycles. The smallest absolute Gasteiger partial charge is 0.329 e. The fourth-order valence-corrected chi connectivity index (χ4v) is 4.32. The number of benzene rings is 3. The Labute approximate surface area is 253 Å². The van der Waals surface area contributed by atoms with E-state index in [1.165, 1.54) is 0 Å². The second-order valence-corrected chi connectivity index (χ2v) is 11.9. The maximum Gasteiger partial charge on any atom is 0.329 e. The largest absolute Gasteiger partial charge is 0.489 e. The summed E-state index contributed by atoms with van der Waals surface area (Å²) >= 11 is 6.02.